The maximum absolute atomic E-state index is 14.3. The Balaban J connectivity index is 2.37. The van der Waals surface area contributed by atoms with E-state index in [9.17, 15) is 47.0 Å². The van der Waals surface area contributed by atoms with Crippen molar-refractivity contribution in [1.29, 1.82) is 0 Å². The van der Waals surface area contributed by atoms with Crippen LogP contribution in [0.3, 0.4) is 0 Å². The lowest BCUT2D eigenvalue weighted by atomic mass is 10.2. The first kappa shape index (κ1) is 36.9. The smallest absolute Gasteiger partial charge is 0.335 e. The first-order chi connectivity index (χ1) is 20.4. The number of aromatic carboxylic acids is 1. The molecule has 0 bridgehead atoms. The molecule has 0 radical (unpaired) electrons. The van der Waals surface area contributed by atoms with E-state index in [1.807, 2.05) is 45.2 Å². The van der Waals surface area contributed by atoms with Crippen molar-refractivity contribution in [3.05, 3.63) is 93.6 Å². The predicted octanol–water partition coefficient (Wildman–Crippen LogP) is 5.82. The van der Waals surface area contributed by atoms with Crippen LogP contribution in [0.2, 0.25) is 0 Å². The van der Waals surface area contributed by atoms with Gasteiger partial charge >= 0.3 is 5.97 Å². The molecule has 0 aromatic heterocycles. The summed E-state index contributed by atoms with van der Waals surface area (Å²) in [7, 11) is -9.57. The number of hydrogen-bond donors (Lipinski definition) is 1. The highest BCUT2D eigenvalue weighted by molar-refractivity contribution is 14.1. The van der Waals surface area contributed by atoms with Crippen molar-refractivity contribution in [2.45, 2.75) is 13.7 Å². The number of nitro benzene ring substituents is 2. The Hall–Kier alpha value is -1.56. The second kappa shape index (κ2) is 14.9. The number of carbonyl (C=O) groups is 1. The highest BCUT2D eigenvalue weighted by Gasteiger charge is 2.40. The number of rotatable bonds is 11. The van der Waals surface area contributed by atoms with E-state index in [1.54, 1.807) is 45.2 Å². The molecule has 0 heterocycles. The molecule has 3 aromatic rings. The van der Waals surface area contributed by atoms with Crippen molar-refractivity contribution >= 4 is 151 Å². The molecule has 44 heavy (non-hydrogen) atoms. The Morgan fingerprint density at radius 3 is 1.91 bits per heavy atom. The minimum atomic E-state index is -4.90. The van der Waals surface area contributed by atoms with Crippen molar-refractivity contribution in [2.24, 2.45) is 0 Å². The highest BCUT2D eigenvalue weighted by atomic mass is 127. The molecule has 0 saturated carbocycles. The lowest BCUT2D eigenvalue weighted by Crippen LogP contribution is -2.51. The van der Waals surface area contributed by atoms with Gasteiger partial charge < -0.3 is 5.11 Å². The number of carboxylic acids is 1. The largest absolute Gasteiger partial charge is 0.478 e. The summed E-state index contributed by atoms with van der Waals surface area (Å²) in [6.07, 6.45) is 0. The summed E-state index contributed by atoms with van der Waals surface area (Å²) in [5, 5.41) is 31.4. The van der Waals surface area contributed by atoms with Crippen molar-refractivity contribution in [3.63, 3.8) is 0 Å². The Morgan fingerprint density at radius 1 is 0.886 bits per heavy atom. The molecule has 0 aliphatic rings. The maximum atomic E-state index is 14.3. The van der Waals surface area contributed by atoms with E-state index in [1.165, 1.54) is 12.1 Å². The minimum Gasteiger partial charge on any atom is -0.478 e. The van der Waals surface area contributed by atoms with E-state index in [0.717, 1.165) is 48.5 Å². The van der Waals surface area contributed by atoms with Gasteiger partial charge in [0.15, 0.2) is 0 Å². The number of non-ortho nitro benzene ring substituents is 2. The van der Waals surface area contributed by atoms with Gasteiger partial charge in [0.05, 0.1) is 30.9 Å². The van der Waals surface area contributed by atoms with Gasteiger partial charge in [-0.15, -0.1) is 0 Å². The Kier molecular flexibility index (Phi) is 12.5. The Morgan fingerprint density at radius 2 is 1.43 bits per heavy atom. The zero-order valence-corrected chi connectivity index (χ0v) is 32.5. The van der Waals surface area contributed by atoms with Crippen LogP contribution in [0.4, 0.5) is 17.1 Å². The van der Waals surface area contributed by atoms with Gasteiger partial charge in [-0.2, -0.15) is 0 Å². The molecule has 1 N–H and O–H groups in total. The molecule has 234 valence electrons. The summed E-state index contributed by atoms with van der Waals surface area (Å²) in [5.41, 5.74) is -1.31. The van der Waals surface area contributed by atoms with Gasteiger partial charge in [0.1, 0.15) is 0 Å². The van der Waals surface area contributed by atoms with Gasteiger partial charge in [0.2, 0.25) is 5.11 Å². The van der Waals surface area contributed by atoms with Crippen LogP contribution in [0.1, 0.15) is 10.4 Å². The third-order valence-electron chi connectivity index (χ3n) is 5.59. The van der Waals surface area contributed by atoms with E-state index in [2.05, 4.69) is 0 Å². The normalized spacial score (nSPS) is 12.3. The number of hydrogen-bond acceptors (Lipinski definition) is 10. The van der Waals surface area contributed by atoms with Crippen LogP contribution in [0.25, 0.3) is 0 Å². The summed E-state index contributed by atoms with van der Waals surface area (Å²) in [6.45, 7) is -0.330. The molecule has 0 fully saturated rings. The molecular formula is C23H16I4N4O10S3. The first-order valence-electron chi connectivity index (χ1n) is 11.5. The highest BCUT2D eigenvalue weighted by Crippen LogP contribution is 2.37. The molecule has 3 aromatic carbocycles. The van der Waals surface area contributed by atoms with Crippen molar-refractivity contribution in [2.75, 3.05) is 15.3 Å². The summed E-state index contributed by atoms with van der Waals surface area (Å²) < 4.78 is 58.0. The zero-order chi connectivity index (χ0) is 33.1. The van der Waals surface area contributed by atoms with Crippen LogP contribution < -0.4 is 4.31 Å². The number of nitro groups is 2. The van der Waals surface area contributed by atoms with Crippen LogP contribution in [-0.2, 0) is 20.0 Å². The minimum absolute atomic E-state index is 0.0656. The van der Waals surface area contributed by atoms with Crippen molar-refractivity contribution < 1.29 is 36.6 Å². The van der Waals surface area contributed by atoms with Gasteiger partial charge in [0, 0.05) is 46.3 Å². The number of halogens is 4. The lowest BCUT2D eigenvalue weighted by molar-refractivity contribution is -0.385. The van der Waals surface area contributed by atoms with Gasteiger partial charge in [-0.05, 0) is 87.7 Å². The van der Waals surface area contributed by atoms with E-state index >= 15 is 0 Å². The summed E-state index contributed by atoms with van der Waals surface area (Å²) >= 11 is 13.0. The number of nitrogens with zero attached hydrogens (tertiary/aromatic N) is 4. The van der Waals surface area contributed by atoms with E-state index in [0.29, 0.717) is 13.0 Å². The van der Waals surface area contributed by atoms with E-state index in [-0.39, 0.29) is 30.6 Å². The topological polar surface area (TPSA) is 198 Å². The molecule has 3 rings (SSSR count). The molecule has 1 unspecified atom stereocenters. The standard InChI is InChI=1S/C23H16I4N4O10S3/c24-11-14(25)12-28(43(38,39)17-6-4-15(5-7-17)30(34)35)23(42)29(21-19(26)8-13(22(32)33)9-20(21)27)44(40,41)18-3-1-2-16(10-18)31(36)37/h1-10,14H,11-12H2,(H,32,33). The van der Waals surface area contributed by atoms with Crippen LogP contribution in [0.15, 0.2) is 70.5 Å². The molecule has 0 spiro atoms. The summed E-state index contributed by atoms with van der Waals surface area (Å²) in [4.78, 5) is 31.8. The average molecular weight is 1110 g/mol. The molecular weight excluding hydrogens is 1100 g/mol. The SMILES string of the molecule is O=C(O)c1cc(I)c(N(C(=S)N(CC(I)CI)S(=O)(=O)c2ccc([N+](=O)[O-])cc2)S(=O)(=O)c2cccc([N+](=O)[O-])c2)c(I)c1. The quantitative estimate of drug-likeness (QED) is 0.0799. The number of carboxylic acid groups (broad SMARTS) is 1. The van der Waals surface area contributed by atoms with Crippen molar-refractivity contribution in [3.8, 4) is 0 Å². The van der Waals surface area contributed by atoms with Crippen LogP contribution >= 0.6 is 103 Å². The van der Waals surface area contributed by atoms with E-state index < -0.39 is 60.4 Å². The van der Waals surface area contributed by atoms with E-state index in [4.69, 9.17) is 12.2 Å². The maximum Gasteiger partial charge on any atom is 0.335 e. The molecule has 1 atom stereocenters. The number of sulfonamides is 2. The third kappa shape index (κ3) is 8.04. The molecule has 14 nitrogen and oxygen atoms in total. The third-order valence-corrected chi connectivity index (χ3v) is 14.9. The molecule has 0 aliphatic carbocycles. The zero-order valence-electron chi connectivity index (χ0n) is 21.4. The van der Waals surface area contributed by atoms with Crippen LogP contribution in [-0.4, -0.2) is 62.1 Å². The number of thiocarbonyl (C=S) groups is 1. The van der Waals surface area contributed by atoms with Crippen LogP contribution in [0, 0.1) is 27.4 Å². The second-order valence-corrected chi connectivity index (χ2v) is 17.4. The van der Waals surface area contributed by atoms with Gasteiger partial charge in [-0.1, -0.05) is 51.2 Å². The molecule has 0 aliphatic heterocycles. The lowest BCUT2D eigenvalue weighted by Gasteiger charge is -2.34. The van der Waals surface area contributed by atoms with Gasteiger partial charge in [-0.3, -0.25) is 20.2 Å². The first-order valence-corrected chi connectivity index (χ1v) is 19.7. The molecule has 0 amide bonds. The fourth-order valence-electron chi connectivity index (χ4n) is 3.54. The number of alkyl halides is 2. The Labute approximate surface area is 310 Å². The Bertz CT molecular complexity index is 1850. The average Bonchev–Trinajstić information content (AvgIpc) is 2.96. The molecule has 0 saturated heterocycles. The monoisotopic (exact) mass is 1110 g/mol. The summed E-state index contributed by atoms with van der Waals surface area (Å²) in [6, 6.07) is 10.3. The predicted molar refractivity (Wildman–Crippen MR) is 198 cm³/mol. The van der Waals surface area contributed by atoms with Gasteiger partial charge in [0.25, 0.3) is 31.4 Å². The summed E-state index contributed by atoms with van der Waals surface area (Å²) in [5.74, 6) is -1.31. The number of anilines is 1. The fourth-order valence-corrected chi connectivity index (χ4v) is 10.7. The van der Waals surface area contributed by atoms with Crippen LogP contribution in [0.5, 0.6) is 0 Å². The fraction of sp³-hybridized carbons (Fsp3) is 0.130. The molecule has 21 heteroatoms. The van der Waals surface area contributed by atoms with Gasteiger partial charge in [-0.25, -0.2) is 30.2 Å². The second-order valence-electron chi connectivity index (χ2n) is 8.44. The number of benzene rings is 3. The van der Waals surface area contributed by atoms with Crippen molar-refractivity contribution in [1.82, 2.24) is 4.31 Å².